The summed E-state index contributed by atoms with van der Waals surface area (Å²) in [7, 11) is 0. The Bertz CT molecular complexity index is 575. The predicted octanol–water partition coefficient (Wildman–Crippen LogP) is 2.90. The van der Waals surface area contributed by atoms with Crippen LogP contribution in [0.15, 0.2) is 54.6 Å². The topological polar surface area (TPSA) is 50.4 Å². The van der Waals surface area contributed by atoms with Crippen molar-refractivity contribution in [2.45, 2.75) is 0 Å². The van der Waals surface area contributed by atoms with Gasteiger partial charge in [0.25, 0.3) is 0 Å². The van der Waals surface area contributed by atoms with Crippen LogP contribution in [-0.2, 0) is 4.79 Å². The summed E-state index contributed by atoms with van der Waals surface area (Å²) in [5, 5.41) is 5.92. The van der Waals surface area contributed by atoms with Gasteiger partial charge in [-0.3, -0.25) is 4.79 Å². The molecular formula is C16H17IN2O2. The fourth-order valence-electron chi connectivity index (χ4n) is 1.72. The van der Waals surface area contributed by atoms with Gasteiger partial charge >= 0.3 is 0 Å². The highest BCUT2D eigenvalue weighted by Gasteiger charge is 2.02. The molecule has 0 aromatic heterocycles. The van der Waals surface area contributed by atoms with Crippen LogP contribution in [0, 0.1) is 3.57 Å². The maximum Gasteiger partial charge on any atom is 0.239 e. The SMILES string of the molecule is O=C(CNc1ccccc1I)NCCOc1ccccc1. The van der Waals surface area contributed by atoms with E-state index in [1.54, 1.807) is 0 Å². The third-order valence-electron chi connectivity index (χ3n) is 2.75. The largest absolute Gasteiger partial charge is 0.492 e. The zero-order chi connectivity index (χ0) is 14.9. The molecule has 2 N–H and O–H groups in total. The number of carbonyl (C=O) groups is 1. The lowest BCUT2D eigenvalue weighted by molar-refractivity contribution is -0.119. The smallest absolute Gasteiger partial charge is 0.239 e. The summed E-state index contributed by atoms with van der Waals surface area (Å²) < 4.78 is 6.59. The summed E-state index contributed by atoms with van der Waals surface area (Å²) >= 11 is 2.23. The molecule has 0 spiro atoms. The van der Waals surface area contributed by atoms with E-state index in [-0.39, 0.29) is 12.5 Å². The predicted molar refractivity (Wildman–Crippen MR) is 92.6 cm³/mol. The summed E-state index contributed by atoms with van der Waals surface area (Å²) in [6.07, 6.45) is 0. The molecule has 1 amide bonds. The highest BCUT2D eigenvalue weighted by atomic mass is 127. The first-order valence-corrected chi connectivity index (χ1v) is 7.76. The van der Waals surface area contributed by atoms with E-state index in [9.17, 15) is 4.79 Å². The van der Waals surface area contributed by atoms with E-state index >= 15 is 0 Å². The Balaban J connectivity index is 1.63. The lowest BCUT2D eigenvalue weighted by Gasteiger charge is -2.10. The summed E-state index contributed by atoms with van der Waals surface area (Å²) in [5.41, 5.74) is 0.966. The molecule has 0 radical (unpaired) electrons. The number of amides is 1. The van der Waals surface area contributed by atoms with Crippen molar-refractivity contribution in [1.82, 2.24) is 5.32 Å². The minimum Gasteiger partial charge on any atom is -0.492 e. The molecule has 2 aromatic rings. The van der Waals surface area contributed by atoms with Crippen LogP contribution < -0.4 is 15.4 Å². The van der Waals surface area contributed by atoms with E-state index < -0.39 is 0 Å². The molecule has 21 heavy (non-hydrogen) atoms. The van der Waals surface area contributed by atoms with Gasteiger partial charge < -0.3 is 15.4 Å². The van der Waals surface area contributed by atoms with Crippen molar-refractivity contribution in [3.63, 3.8) is 0 Å². The van der Waals surface area contributed by atoms with Gasteiger partial charge in [-0.25, -0.2) is 0 Å². The molecular weight excluding hydrogens is 379 g/mol. The van der Waals surface area contributed by atoms with Crippen LogP contribution in [0.3, 0.4) is 0 Å². The molecule has 2 aromatic carbocycles. The monoisotopic (exact) mass is 396 g/mol. The van der Waals surface area contributed by atoms with Crippen molar-refractivity contribution in [2.24, 2.45) is 0 Å². The molecule has 5 heteroatoms. The van der Waals surface area contributed by atoms with Gasteiger partial charge in [0.1, 0.15) is 12.4 Å². The van der Waals surface area contributed by atoms with Crippen molar-refractivity contribution in [3.05, 3.63) is 58.2 Å². The van der Waals surface area contributed by atoms with E-state index in [1.807, 2.05) is 54.6 Å². The molecule has 0 atom stereocenters. The maximum absolute atomic E-state index is 11.7. The fraction of sp³-hybridized carbons (Fsp3) is 0.188. The molecule has 0 aliphatic rings. The minimum atomic E-state index is -0.0497. The second kappa shape index (κ2) is 8.51. The van der Waals surface area contributed by atoms with Crippen molar-refractivity contribution < 1.29 is 9.53 Å². The number of benzene rings is 2. The molecule has 110 valence electrons. The zero-order valence-electron chi connectivity index (χ0n) is 11.5. The number of nitrogens with one attached hydrogen (secondary N) is 2. The van der Waals surface area contributed by atoms with Gasteiger partial charge in [-0.1, -0.05) is 30.3 Å². The van der Waals surface area contributed by atoms with Crippen molar-refractivity contribution in [2.75, 3.05) is 25.0 Å². The quantitative estimate of drug-likeness (QED) is 0.559. The number of ether oxygens (including phenoxy) is 1. The van der Waals surface area contributed by atoms with E-state index in [0.717, 1.165) is 15.0 Å². The average molecular weight is 396 g/mol. The van der Waals surface area contributed by atoms with Crippen LogP contribution in [0.25, 0.3) is 0 Å². The Morgan fingerprint density at radius 2 is 1.76 bits per heavy atom. The number of halogens is 1. The Labute approximate surface area is 138 Å². The van der Waals surface area contributed by atoms with Gasteiger partial charge in [-0.05, 0) is 46.9 Å². The first-order valence-electron chi connectivity index (χ1n) is 6.68. The molecule has 0 saturated carbocycles. The van der Waals surface area contributed by atoms with E-state index in [1.165, 1.54) is 0 Å². The number of hydrogen-bond donors (Lipinski definition) is 2. The van der Waals surface area contributed by atoms with Crippen LogP contribution in [0.1, 0.15) is 0 Å². The highest BCUT2D eigenvalue weighted by Crippen LogP contribution is 2.16. The van der Waals surface area contributed by atoms with Crippen LogP contribution in [0.2, 0.25) is 0 Å². The third kappa shape index (κ3) is 5.63. The van der Waals surface area contributed by atoms with Crippen LogP contribution in [-0.4, -0.2) is 25.6 Å². The standard InChI is InChI=1S/C16H17IN2O2/c17-14-8-4-5-9-15(14)19-12-16(20)18-10-11-21-13-6-2-1-3-7-13/h1-9,19H,10-12H2,(H,18,20). The van der Waals surface area contributed by atoms with Gasteiger partial charge in [0.15, 0.2) is 0 Å². The molecule has 0 unspecified atom stereocenters. The summed E-state index contributed by atoms with van der Waals surface area (Å²) in [6.45, 7) is 1.20. The zero-order valence-corrected chi connectivity index (χ0v) is 13.7. The number of rotatable bonds is 7. The molecule has 0 bridgehead atoms. The van der Waals surface area contributed by atoms with E-state index in [0.29, 0.717) is 13.2 Å². The first kappa shape index (κ1) is 15.6. The summed E-state index contributed by atoms with van der Waals surface area (Å²) in [4.78, 5) is 11.7. The average Bonchev–Trinajstić information content (AvgIpc) is 2.52. The van der Waals surface area contributed by atoms with Gasteiger partial charge in [0.2, 0.25) is 5.91 Å². The minimum absolute atomic E-state index is 0.0497. The van der Waals surface area contributed by atoms with Gasteiger partial charge in [-0.15, -0.1) is 0 Å². The Hall–Kier alpha value is -1.76. The van der Waals surface area contributed by atoms with Gasteiger partial charge in [0, 0.05) is 9.26 Å². The Morgan fingerprint density at radius 3 is 2.52 bits per heavy atom. The number of para-hydroxylation sites is 2. The fourth-order valence-corrected chi connectivity index (χ4v) is 2.30. The third-order valence-corrected chi connectivity index (χ3v) is 3.69. The number of hydrogen-bond acceptors (Lipinski definition) is 3. The van der Waals surface area contributed by atoms with Crippen molar-refractivity contribution >= 4 is 34.2 Å². The van der Waals surface area contributed by atoms with E-state index in [2.05, 4.69) is 33.2 Å². The van der Waals surface area contributed by atoms with Gasteiger partial charge in [-0.2, -0.15) is 0 Å². The lowest BCUT2D eigenvalue weighted by atomic mass is 10.3. The highest BCUT2D eigenvalue weighted by molar-refractivity contribution is 14.1. The molecule has 0 aliphatic heterocycles. The first-order chi connectivity index (χ1) is 10.3. The van der Waals surface area contributed by atoms with E-state index in [4.69, 9.17) is 4.74 Å². The second-order valence-corrected chi connectivity index (χ2v) is 5.51. The summed E-state index contributed by atoms with van der Waals surface area (Å²) in [6, 6.07) is 17.4. The van der Waals surface area contributed by atoms with Crippen LogP contribution in [0.5, 0.6) is 5.75 Å². The molecule has 0 aliphatic carbocycles. The van der Waals surface area contributed by atoms with Crippen LogP contribution in [0.4, 0.5) is 5.69 Å². The Morgan fingerprint density at radius 1 is 1.05 bits per heavy atom. The summed E-state index contributed by atoms with van der Waals surface area (Å²) in [5.74, 6) is 0.759. The maximum atomic E-state index is 11.7. The molecule has 0 fully saturated rings. The normalized spacial score (nSPS) is 9.95. The molecule has 0 saturated heterocycles. The molecule has 4 nitrogen and oxygen atoms in total. The van der Waals surface area contributed by atoms with Crippen molar-refractivity contribution in [3.8, 4) is 5.75 Å². The van der Waals surface area contributed by atoms with Gasteiger partial charge in [0.05, 0.1) is 13.1 Å². The van der Waals surface area contributed by atoms with Crippen LogP contribution >= 0.6 is 22.6 Å². The second-order valence-electron chi connectivity index (χ2n) is 4.34. The number of carbonyl (C=O) groups excluding carboxylic acids is 1. The molecule has 2 rings (SSSR count). The molecule has 0 heterocycles. The Kier molecular flexibility index (Phi) is 6.33. The van der Waals surface area contributed by atoms with Crippen molar-refractivity contribution in [1.29, 1.82) is 0 Å². The lowest BCUT2D eigenvalue weighted by Crippen LogP contribution is -2.33. The number of anilines is 1.